The topological polar surface area (TPSA) is 21.3 Å². The second kappa shape index (κ2) is 12.5. The van der Waals surface area contributed by atoms with Gasteiger partial charge in [0, 0.05) is 50.1 Å². The van der Waals surface area contributed by atoms with E-state index in [-0.39, 0.29) is 0 Å². The highest BCUT2D eigenvalue weighted by Crippen LogP contribution is 2.45. The molecule has 57 heavy (non-hydrogen) atoms. The van der Waals surface area contributed by atoms with Crippen LogP contribution in [0.3, 0.4) is 0 Å². The summed E-state index contributed by atoms with van der Waals surface area (Å²) in [5.74, 6) is 0. The normalized spacial score (nSPS) is 11.9. The lowest BCUT2D eigenvalue weighted by Gasteiger charge is -2.28. The molecule has 0 fully saturated rings. The van der Waals surface area contributed by atoms with Crippen LogP contribution in [-0.2, 0) is 0 Å². The van der Waals surface area contributed by atoms with E-state index in [1.165, 1.54) is 59.7 Å². The minimum absolute atomic E-state index is 0.870. The molecule has 0 saturated heterocycles. The summed E-state index contributed by atoms with van der Waals surface area (Å²) in [6.07, 6.45) is 0. The van der Waals surface area contributed by atoms with Gasteiger partial charge in [-0.25, -0.2) is 0 Å². The molecule has 12 rings (SSSR count). The van der Waals surface area contributed by atoms with E-state index in [1.54, 1.807) is 0 Å². The molecule has 2 heterocycles. The number of hydrogen-bond donors (Lipinski definition) is 0. The molecule has 0 aliphatic heterocycles. The van der Waals surface area contributed by atoms with Crippen LogP contribution >= 0.6 is 0 Å². The van der Waals surface area contributed by atoms with Crippen molar-refractivity contribution in [2.75, 3.05) is 4.90 Å². The van der Waals surface area contributed by atoms with Gasteiger partial charge >= 0.3 is 0 Å². The van der Waals surface area contributed by atoms with Gasteiger partial charge in [0.05, 0.1) is 16.7 Å². The van der Waals surface area contributed by atoms with Crippen LogP contribution in [0.1, 0.15) is 0 Å². The summed E-state index contributed by atoms with van der Waals surface area (Å²) in [4.78, 5) is 2.39. The van der Waals surface area contributed by atoms with E-state index in [0.29, 0.717) is 0 Å². The molecule has 0 saturated carbocycles. The number of fused-ring (bicyclic) bond motifs is 11. The number of para-hydroxylation sites is 3. The van der Waals surface area contributed by atoms with Gasteiger partial charge in [0.15, 0.2) is 0 Å². The van der Waals surface area contributed by atoms with Crippen molar-refractivity contribution in [2.24, 2.45) is 0 Å². The highest BCUT2D eigenvalue weighted by atomic mass is 16.3. The lowest BCUT2D eigenvalue weighted by Crippen LogP contribution is -2.10. The predicted molar refractivity (Wildman–Crippen MR) is 241 cm³/mol. The first-order valence-electron chi connectivity index (χ1n) is 19.5. The third kappa shape index (κ3) is 4.92. The molecule has 0 unspecified atom stereocenters. The van der Waals surface area contributed by atoms with Crippen molar-refractivity contribution in [3.05, 3.63) is 206 Å². The monoisotopic (exact) mass is 726 g/mol. The first-order chi connectivity index (χ1) is 28.3. The molecular formula is C54H34N2O. The highest BCUT2D eigenvalue weighted by molar-refractivity contribution is 6.21. The number of furan rings is 1. The van der Waals surface area contributed by atoms with E-state index in [4.69, 9.17) is 4.42 Å². The molecule has 0 radical (unpaired) electrons. The first-order valence-corrected chi connectivity index (χ1v) is 19.5. The molecule has 0 atom stereocenters. The molecular weight excluding hydrogens is 693 g/mol. The molecule has 0 amide bonds. The minimum atomic E-state index is 0.870. The van der Waals surface area contributed by atoms with Crippen LogP contribution in [0.2, 0.25) is 0 Å². The second-order valence-corrected chi connectivity index (χ2v) is 14.9. The number of aromatic nitrogens is 1. The summed E-state index contributed by atoms with van der Waals surface area (Å²) in [5.41, 5.74) is 10.9. The van der Waals surface area contributed by atoms with Gasteiger partial charge in [-0.2, -0.15) is 0 Å². The van der Waals surface area contributed by atoms with Gasteiger partial charge in [-0.15, -0.1) is 0 Å². The molecule has 12 aromatic rings. The summed E-state index contributed by atoms with van der Waals surface area (Å²) in [6, 6.07) is 74.6. The summed E-state index contributed by atoms with van der Waals surface area (Å²) in [7, 11) is 0. The van der Waals surface area contributed by atoms with E-state index in [9.17, 15) is 0 Å². The molecule has 0 aliphatic carbocycles. The van der Waals surface area contributed by atoms with Gasteiger partial charge in [0.1, 0.15) is 11.2 Å². The van der Waals surface area contributed by atoms with Crippen molar-refractivity contribution >= 4 is 93.1 Å². The third-order valence-corrected chi connectivity index (χ3v) is 11.8. The Morgan fingerprint density at radius 1 is 0.333 bits per heavy atom. The van der Waals surface area contributed by atoms with Crippen molar-refractivity contribution in [3.63, 3.8) is 0 Å². The van der Waals surface area contributed by atoms with Crippen LogP contribution < -0.4 is 4.90 Å². The van der Waals surface area contributed by atoms with Gasteiger partial charge < -0.3 is 13.9 Å². The molecule has 266 valence electrons. The van der Waals surface area contributed by atoms with Crippen molar-refractivity contribution in [2.45, 2.75) is 0 Å². The Bertz CT molecular complexity index is 3460. The maximum absolute atomic E-state index is 6.46. The van der Waals surface area contributed by atoms with E-state index in [1.807, 2.05) is 12.1 Å². The lowest BCUT2D eigenvalue weighted by atomic mass is 9.95. The van der Waals surface area contributed by atoms with Crippen molar-refractivity contribution < 1.29 is 4.42 Å². The Balaban J connectivity index is 1.01. The largest absolute Gasteiger partial charge is 0.456 e. The van der Waals surface area contributed by atoms with Crippen LogP contribution in [0.15, 0.2) is 211 Å². The molecule has 10 aromatic carbocycles. The van der Waals surface area contributed by atoms with E-state index >= 15 is 0 Å². The van der Waals surface area contributed by atoms with Crippen LogP contribution in [-0.4, -0.2) is 4.57 Å². The average Bonchev–Trinajstić information content (AvgIpc) is 3.82. The summed E-state index contributed by atoms with van der Waals surface area (Å²) in [5, 5.41) is 12.2. The molecule has 0 N–H and O–H groups in total. The number of nitrogens with zero attached hydrogens (tertiary/aromatic N) is 2. The number of benzene rings is 10. The Morgan fingerprint density at radius 3 is 1.60 bits per heavy atom. The van der Waals surface area contributed by atoms with Crippen LogP contribution in [0.4, 0.5) is 17.1 Å². The summed E-state index contributed by atoms with van der Waals surface area (Å²) >= 11 is 0. The van der Waals surface area contributed by atoms with Gasteiger partial charge in [0.25, 0.3) is 0 Å². The highest BCUT2D eigenvalue weighted by Gasteiger charge is 2.20. The predicted octanol–water partition coefficient (Wildman–Crippen LogP) is 15.3. The second-order valence-electron chi connectivity index (χ2n) is 14.9. The van der Waals surface area contributed by atoms with Gasteiger partial charge in [-0.1, -0.05) is 140 Å². The van der Waals surface area contributed by atoms with E-state index < -0.39 is 0 Å². The number of rotatable bonds is 5. The van der Waals surface area contributed by atoms with Gasteiger partial charge in [0.2, 0.25) is 0 Å². The smallest absolute Gasteiger partial charge is 0.137 e. The minimum Gasteiger partial charge on any atom is -0.456 e. The lowest BCUT2D eigenvalue weighted by molar-refractivity contribution is 0.669. The van der Waals surface area contributed by atoms with Crippen LogP contribution in [0, 0.1) is 0 Å². The zero-order chi connectivity index (χ0) is 37.5. The SMILES string of the molecule is c1ccc2c(c1)ccc1c3ccccc3c(N(c3ccc(-c4ccc(-n5c6ccccc6c6ccccc65)cc4)cc3)c3ccc4c(c3)oc3ccccc34)cc21. The number of hydrogen-bond acceptors (Lipinski definition) is 2. The fourth-order valence-electron chi connectivity index (χ4n) is 9.11. The van der Waals surface area contributed by atoms with E-state index in [0.717, 1.165) is 50.3 Å². The average molecular weight is 727 g/mol. The van der Waals surface area contributed by atoms with Crippen LogP contribution in [0.25, 0.3) is 92.9 Å². The summed E-state index contributed by atoms with van der Waals surface area (Å²) in [6.45, 7) is 0. The van der Waals surface area contributed by atoms with E-state index in [2.05, 4.69) is 204 Å². The Labute approximate surface area is 328 Å². The molecule has 2 aromatic heterocycles. The first kappa shape index (κ1) is 31.7. The zero-order valence-corrected chi connectivity index (χ0v) is 30.9. The van der Waals surface area contributed by atoms with Gasteiger partial charge in [-0.05, 0) is 98.7 Å². The molecule has 0 spiro atoms. The molecule has 3 nitrogen and oxygen atoms in total. The van der Waals surface area contributed by atoms with Gasteiger partial charge in [-0.3, -0.25) is 0 Å². The zero-order valence-electron chi connectivity index (χ0n) is 30.9. The third-order valence-electron chi connectivity index (χ3n) is 11.8. The maximum Gasteiger partial charge on any atom is 0.137 e. The summed E-state index contributed by atoms with van der Waals surface area (Å²) < 4.78 is 8.83. The van der Waals surface area contributed by atoms with Crippen molar-refractivity contribution in [1.29, 1.82) is 0 Å². The Hall–Kier alpha value is -7.62. The fourth-order valence-corrected chi connectivity index (χ4v) is 9.11. The number of anilines is 3. The Kier molecular flexibility index (Phi) is 6.93. The molecule has 3 heteroatoms. The molecule has 0 aliphatic rings. The van der Waals surface area contributed by atoms with Crippen molar-refractivity contribution in [3.8, 4) is 16.8 Å². The quantitative estimate of drug-likeness (QED) is 0.165. The Morgan fingerprint density at radius 2 is 0.860 bits per heavy atom. The maximum atomic E-state index is 6.46. The van der Waals surface area contributed by atoms with Crippen LogP contribution in [0.5, 0.6) is 0 Å². The van der Waals surface area contributed by atoms with Crippen molar-refractivity contribution in [1.82, 2.24) is 4.57 Å². The fraction of sp³-hybridized carbons (Fsp3) is 0. The standard InChI is InChI=1S/C54H34N2O/c1-2-12-41-37(11-1)25-31-43-42-13-3-4-14-44(42)52(34-49(41)43)55(40-30-32-48-47-17-7-10-20-53(47)57-54(48)33-40)38-26-21-35(22-27-38)36-23-28-39(29-24-36)56-50-18-8-5-15-45(50)46-16-6-9-19-51(46)56/h1-34H. The molecule has 0 bridgehead atoms.